The van der Waals surface area contributed by atoms with Gasteiger partial charge in [0, 0.05) is 12.4 Å². The molecule has 0 spiro atoms. The fourth-order valence-corrected chi connectivity index (χ4v) is 2.94. The number of amides is 1. The molecular formula is C18H23BFNO6. The van der Waals surface area contributed by atoms with Crippen molar-refractivity contribution in [3.05, 3.63) is 24.0 Å². The van der Waals surface area contributed by atoms with E-state index in [1.54, 1.807) is 6.07 Å². The summed E-state index contributed by atoms with van der Waals surface area (Å²) in [5.74, 6) is -1.02. The van der Waals surface area contributed by atoms with E-state index in [2.05, 4.69) is 0 Å². The third kappa shape index (κ3) is 3.66. The summed E-state index contributed by atoms with van der Waals surface area (Å²) in [7, 11) is -0.841. The van der Waals surface area contributed by atoms with Crippen LogP contribution in [0.4, 0.5) is 14.9 Å². The average molecular weight is 379 g/mol. The van der Waals surface area contributed by atoms with Crippen LogP contribution in [0.2, 0.25) is 0 Å². The zero-order valence-electron chi connectivity index (χ0n) is 16.1. The monoisotopic (exact) mass is 379 g/mol. The maximum atomic E-state index is 14.8. The van der Waals surface area contributed by atoms with Crippen LogP contribution in [0.1, 0.15) is 34.6 Å². The number of cyclic esters (lactones) is 1. The van der Waals surface area contributed by atoms with Gasteiger partial charge < -0.3 is 18.8 Å². The van der Waals surface area contributed by atoms with Crippen LogP contribution in [0.25, 0.3) is 0 Å². The summed E-state index contributed by atoms with van der Waals surface area (Å²) in [5.41, 5.74) is -0.609. The molecule has 1 aromatic rings. The van der Waals surface area contributed by atoms with Gasteiger partial charge in [-0.15, -0.1) is 0 Å². The molecule has 2 aliphatic heterocycles. The van der Waals surface area contributed by atoms with Crippen LogP contribution in [0.3, 0.4) is 0 Å². The average Bonchev–Trinajstić information content (AvgIpc) is 3.01. The lowest BCUT2D eigenvalue weighted by molar-refractivity contribution is -0.141. The second-order valence-corrected chi connectivity index (χ2v) is 7.70. The molecule has 1 aromatic carbocycles. The van der Waals surface area contributed by atoms with E-state index in [4.69, 9.17) is 18.8 Å². The zero-order valence-corrected chi connectivity index (χ0v) is 16.1. The molecule has 3 rings (SSSR count). The van der Waals surface area contributed by atoms with Crippen molar-refractivity contribution < 1.29 is 32.8 Å². The molecule has 0 N–H and O–H groups in total. The summed E-state index contributed by atoms with van der Waals surface area (Å²) >= 11 is 0. The second-order valence-electron chi connectivity index (χ2n) is 7.70. The van der Waals surface area contributed by atoms with Gasteiger partial charge in [0.05, 0.1) is 16.9 Å². The summed E-state index contributed by atoms with van der Waals surface area (Å²) < 4.78 is 36.5. The lowest BCUT2D eigenvalue weighted by Crippen LogP contribution is -2.41. The summed E-state index contributed by atoms with van der Waals surface area (Å²) in [6.45, 7) is 8.87. The fraction of sp³-hybridized carbons (Fsp3) is 0.556. The van der Waals surface area contributed by atoms with Gasteiger partial charge in [-0.3, -0.25) is 9.69 Å². The van der Waals surface area contributed by atoms with Gasteiger partial charge in [-0.1, -0.05) is 6.07 Å². The van der Waals surface area contributed by atoms with Crippen molar-refractivity contribution in [2.75, 3.05) is 18.1 Å². The van der Waals surface area contributed by atoms with E-state index < -0.39 is 42.2 Å². The number of halogens is 1. The Kier molecular flexibility index (Phi) is 4.94. The Bertz CT molecular complexity index is 752. The Hall–Kier alpha value is -2.13. The molecule has 0 aromatic heterocycles. The minimum absolute atomic E-state index is 0.0261. The first-order chi connectivity index (χ1) is 12.5. The Morgan fingerprint density at radius 3 is 2.48 bits per heavy atom. The van der Waals surface area contributed by atoms with Gasteiger partial charge in [0.25, 0.3) is 0 Å². The molecule has 0 saturated carbocycles. The van der Waals surface area contributed by atoms with E-state index in [9.17, 15) is 14.0 Å². The molecule has 1 atom stereocenters. The van der Waals surface area contributed by atoms with Gasteiger partial charge in [-0.05, 0) is 39.8 Å². The lowest BCUT2D eigenvalue weighted by Gasteiger charge is -2.32. The number of carbonyl (C=O) groups is 2. The van der Waals surface area contributed by atoms with Crippen LogP contribution in [0.5, 0.6) is 0 Å². The van der Waals surface area contributed by atoms with Crippen molar-refractivity contribution in [3.8, 4) is 0 Å². The largest absolute Gasteiger partial charge is 0.497 e. The van der Waals surface area contributed by atoms with E-state index in [-0.39, 0.29) is 18.7 Å². The van der Waals surface area contributed by atoms with Crippen molar-refractivity contribution >= 4 is 30.3 Å². The van der Waals surface area contributed by atoms with E-state index in [0.29, 0.717) is 5.69 Å². The number of ether oxygens (including phenoxy) is 2. The number of benzene rings is 1. The standard InChI is InChI=1S/C18H23BFNO6/c1-11(22)24-9-13-10-25-16(23)21(13)12-6-7-14(15(20)8-12)19-26-17(2,3)18(4,5)27-19/h6-8,13H,9-10H2,1-5H3/t13-/m1/s1. The summed E-state index contributed by atoms with van der Waals surface area (Å²) in [6, 6.07) is 3.84. The highest BCUT2D eigenvalue weighted by molar-refractivity contribution is 6.62. The van der Waals surface area contributed by atoms with Gasteiger partial charge in [-0.25, -0.2) is 9.18 Å². The van der Waals surface area contributed by atoms with Gasteiger partial charge in [0.1, 0.15) is 25.1 Å². The van der Waals surface area contributed by atoms with Gasteiger partial charge in [0.2, 0.25) is 0 Å². The molecule has 1 amide bonds. The summed E-state index contributed by atoms with van der Waals surface area (Å²) in [4.78, 5) is 24.3. The van der Waals surface area contributed by atoms with Crippen molar-refractivity contribution in [1.82, 2.24) is 0 Å². The highest BCUT2D eigenvalue weighted by Crippen LogP contribution is 2.37. The predicted octanol–water partition coefficient (Wildman–Crippen LogP) is 2.01. The smallest absolute Gasteiger partial charge is 0.464 e. The van der Waals surface area contributed by atoms with Crippen LogP contribution in [-0.2, 0) is 23.6 Å². The van der Waals surface area contributed by atoms with Crippen LogP contribution < -0.4 is 10.4 Å². The molecule has 7 nitrogen and oxygen atoms in total. The third-order valence-electron chi connectivity index (χ3n) is 5.21. The molecule has 2 fully saturated rings. The first kappa shape index (κ1) is 19.6. The number of hydrogen-bond donors (Lipinski definition) is 0. The first-order valence-electron chi connectivity index (χ1n) is 8.76. The van der Waals surface area contributed by atoms with Gasteiger partial charge >= 0.3 is 19.2 Å². The zero-order chi connectivity index (χ0) is 20.0. The summed E-state index contributed by atoms with van der Waals surface area (Å²) in [5, 5.41) is 0. The predicted molar refractivity (Wildman–Crippen MR) is 96.4 cm³/mol. The molecule has 146 valence electrons. The highest BCUT2D eigenvalue weighted by atomic mass is 19.1. The number of hydrogen-bond acceptors (Lipinski definition) is 6. The fourth-order valence-electron chi connectivity index (χ4n) is 2.94. The summed E-state index contributed by atoms with van der Waals surface area (Å²) in [6.07, 6.45) is -0.616. The molecule has 2 aliphatic rings. The SMILES string of the molecule is CC(=O)OC[C@@H]1COC(=O)N1c1ccc(B2OC(C)(C)C(C)(C)O2)c(F)c1. The Labute approximate surface area is 157 Å². The minimum Gasteiger partial charge on any atom is -0.464 e. The Morgan fingerprint density at radius 1 is 1.30 bits per heavy atom. The lowest BCUT2D eigenvalue weighted by atomic mass is 9.78. The molecule has 0 unspecified atom stereocenters. The molecule has 0 bridgehead atoms. The van der Waals surface area contributed by atoms with Crippen LogP contribution in [-0.4, -0.2) is 49.6 Å². The minimum atomic E-state index is -0.841. The number of nitrogens with zero attached hydrogens (tertiary/aromatic N) is 1. The quantitative estimate of drug-likeness (QED) is 0.589. The maximum absolute atomic E-state index is 14.8. The molecular weight excluding hydrogens is 356 g/mol. The highest BCUT2D eigenvalue weighted by Gasteiger charge is 2.52. The Balaban J connectivity index is 1.82. The molecule has 9 heteroatoms. The van der Waals surface area contributed by atoms with Crippen molar-refractivity contribution in [2.24, 2.45) is 0 Å². The molecule has 2 heterocycles. The van der Waals surface area contributed by atoms with Gasteiger partial charge in [-0.2, -0.15) is 0 Å². The number of anilines is 1. The molecule has 0 aliphatic carbocycles. The topological polar surface area (TPSA) is 74.3 Å². The van der Waals surface area contributed by atoms with Crippen molar-refractivity contribution in [3.63, 3.8) is 0 Å². The van der Waals surface area contributed by atoms with E-state index in [0.717, 1.165) is 0 Å². The molecule has 2 saturated heterocycles. The van der Waals surface area contributed by atoms with Gasteiger partial charge in [0.15, 0.2) is 0 Å². The number of carbonyl (C=O) groups excluding carboxylic acids is 2. The normalized spacial score (nSPS) is 23.5. The van der Waals surface area contributed by atoms with Crippen molar-refractivity contribution in [1.29, 1.82) is 0 Å². The number of esters is 1. The van der Waals surface area contributed by atoms with Crippen LogP contribution >= 0.6 is 0 Å². The van der Waals surface area contributed by atoms with E-state index in [1.165, 1.54) is 24.0 Å². The van der Waals surface area contributed by atoms with Crippen LogP contribution in [0.15, 0.2) is 18.2 Å². The third-order valence-corrected chi connectivity index (χ3v) is 5.21. The molecule has 27 heavy (non-hydrogen) atoms. The van der Waals surface area contributed by atoms with E-state index >= 15 is 0 Å². The van der Waals surface area contributed by atoms with Crippen LogP contribution in [0, 0.1) is 5.82 Å². The second kappa shape index (κ2) is 6.80. The van der Waals surface area contributed by atoms with Crippen molar-refractivity contribution in [2.45, 2.75) is 51.9 Å². The number of rotatable bonds is 4. The first-order valence-corrected chi connectivity index (χ1v) is 8.76. The Morgan fingerprint density at radius 2 is 1.93 bits per heavy atom. The van der Waals surface area contributed by atoms with E-state index in [1.807, 2.05) is 27.7 Å². The molecule has 0 radical (unpaired) electrons. The maximum Gasteiger partial charge on any atom is 0.497 e.